The lowest BCUT2D eigenvalue weighted by molar-refractivity contribution is 0.445. The van der Waals surface area contributed by atoms with E-state index in [-0.39, 0.29) is 10.0 Å². The summed E-state index contributed by atoms with van der Waals surface area (Å²) in [5.41, 5.74) is 0. The molecule has 0 saturated carbocycles. The molecule has 0 N–H and O–H groups in total. The van der Waals surface area contributed by atoms with Gasteiger partial charge >= 0.3 is 0 Å². The lowest BCUT2D eigenvalue weighted by Gasteiger charge is -2.18. The molecule has 0 unspecified atom stereocenters. The fourth-order valence-corrected chi connectivity index (χ4v) is 3.15. The number of aromatic nitrogens is 1. The Morgan fingerprint density at radius 1 is 1.40 bits per heavy atom. The van der Waals surface area contributed by atoms with Crippen LogP contribution in [0.2, 0.25) is 5.15 Å². The molecule has 1 aromatic heterocycles. The van der Waals surface area contributed by atoms with Crippen molar-refractivity contribution in [3.8, 4) is 0 Å². The first-order valence-corrected chi connectivity index (χ1v) is 6.46. The molecule has 84 valence electrons. The summed E-state index contributed by atoms with van der Waals surface area (Å²) in [4.78, 5) is 3.82. The van der Waals surface area contributed by atoms with Crippen molar-refractivity contribution < 1.29 is 8.42 Å². The van der Waals surface area contributed by atoms with Crippen LogP contribution in [-0.4, -0.2) is 30.8 Å². The highest BCUT2D eigenvalue weighted by molar-refractivity contribution is 7.89. The van der Waals surface area contributed by atoms with Crippen LogP contribution in [0.3, 0.4) is 0 Å². The van der Waals surface area contributed by atoms with Crippen LogP contribution in [-0.2, 0) is 10.0 Å². The van der Waals surface area contributed by atoms with Crippen LogP contribution in [0.5, 0.6) is 0 Å². The van der Waals surface area contributed by atoms with E-state index in [0.717, 1.165) is 0 Å². The Morgan fingerprint density at radius 2 is 2.00 bits per heavy atom. The molecule has 6 heteroatoms. The van der Waals surface area contributed by atoms with Gasteiger partial charge in [-0.3, -0.25) is 0 Å². The van der Waals surface area contributed by atoms with E-state index >= 15 is 0 Å². The Bertz CT molecular complexity index is 429. The molecule has 0 aromatic carbocycles. The third kappa shape index (κ3) is 2.48. The van der Waals surface area contributed by atoms with Crippen LogP contribution in [0.1, 0.15) is 13.8 Å². The smallest absolute Gasteiger partial charge is 0.243 e. The van der Waals surface area contributed by atoms with E-state index in [1.165, 1.54) is 16.6 Å². The van der Waals surface area contributed by atoms with Gasteiger partial charge in [0.2, 0.25) is 10.0 Å². The molecule has 0 saturated heterocycles. The van der Waals surface area contributed by atoms with Crippen LogP contribution in [0.4, 0.5) is 0 Å². The van der Waals surface area contributed by atoms with E-state index in [9.17, 15) is 8.42 Å². The van der Waals surface area contributed by atoms with Crippen LogP contribution < -0.4 is 0 Å². The molecule has 0 aliphatic carbocycles. The van der Waals surface area contributed by atoms with E-state index in [1.807, 2.05) is 0 Å². The molecule has 0 spiro atoms. The summed E-state index contributed by atoms with van der Waals surface area (Å²) in [5, 5.41) is 0.0180. The van der Waals surface area contributed by atoms with Gasteiger partial charge < -0.3 is 0 Å². The monoisotopic (exact) mass is 248 g/mol. The highest BCUT2D eigenvalue weighted by Crippen LogP contribution is 2.21. The zero-order valence-corrected chi connectivity index (χ0v) is 10.2. The van der Waals surface area contributed by atoms with Crippen molar-refractivity contribution in [3.63, 3.8) is 0 Å². The zero-order chi connectivity index (χ0) is 11.5. The maximum Gasteiger partial charge on any atom is 0.246 e. The lowest BCUT2D eigenvalue weighted by atomic mass is 10.5. The van der Waals surface area contributed by atoms with Crippen molar-refractivity contribution in [1.29, 1.82) is 0 Å². The second kappa shape index (κ2) is 4.92. The van der Waals surface area contributed by atoms with Crippen LogP contribution in [0, 0.1) is 0 Å². The van der Waals surface area contributed by atoms with E-state index in [4.69, 9.17) is 11.6 Å². The number of hydrogen-bond acceptors (Lipinski definition) is 3. The molecule has 1 rings (SSSR count). The first-order valence-electron chi connectivity index (χ1n) is 4.64. The fraction of sp³-hybridized carbons (Fsp3) is 0.444. The van der Waals surface area contributed by atoms with Gasteiger partial charge in [0.15, 0.2) is 0 Å². The van der Waals surface area contributed by atoms with Gasteiger partial charge in [-0.1, -0.05) is 25.4 Å². The SMILES string of the molecule is CCN(CC)S(=O)(=O)c1cccnc1Cl. The number of rotatable bonds is 4. The van der Waals surface area contributed by atoms with Gasteiger partial charge in [-0.25, -0.2) is 13.4 Å². The summed E-state index contributed by atoms with van der Waals surface area (Å²) >= 11 is 5.75. The number of halogens is 1. The summed E-state index contributed by atoms with van der Waals surface area (Å²) in [6.45, 7) is 4.41. The molecule has 1 heterocycles. The van der Waals surface area contributed by atoms with E-state index in [2.05, 4.69) is 4.98 Å². The largest absolute Gasteiger partial charge is 0.246 e. The summed E-state index contributed by atoms with van der Waals surface area (Å²) in [5.74, 6) is 0. The first kappa shape index (κ1) is 12.4. The number of nitrogens with zero attached hydrogens (tertiary/aromatic N) is 2. The highest BCUT2D eigenvalue weighted by atomic mass is 35.5. The average Bonchev–Trinajstić information content (AvgIpc) is 2.19. The number of hydrogen-bond donors (Lipinski definition) is 0. The molecule has 0 atom stereocenters. The van der Waals surface area contributed by atoms with Gasteiger partial charge in [-0.2, -0.15) is 4.31 Å². The van der Waals surface area contributed by atoms with Crippen molar-refractivity contribution in [2.24, 2.45) is 0 Å². The third-order valence-corrected chi connectivity index (χ3v) is 4.54. The second-order valence-electron chi connectivity index (χ2n) is 2.88. The standard InChI is InChI=1S/C9H13ClN2O2S/c1-3-12(4-2)15(13,14)8-6-5-7-11-9(8)10/h5-7H,3-4H2,1-2H3. The molecule has 0 amide bonds. The van der Waals surface area contributed by atoms with Gasteiger partial charge in [0.05, 0.1) is 0 Å². The molecule has 0 radical (unpaired) electrons. The summed E-state index contributed by atoms with van der Waals surface area (Å²) in [7, 11) is -3.49. The van der Waals surface area contributed by atoms with Gasteiger partial charge in [0.1, 0.15) is 10.0 Å². The lowest BCUT2D eigenvalue weighted by Crippen LogP contribution is -2.30. The molecule has 0 bridgehead atoms. The van der Waals surface area contributed by atoms with Gasteiger partial charge in [0, 0.05) is 19.3 Å². The first-order chi connectivity index (χ1) is 7.04. The maximum atomic E-state index is 12.0. The molecule has 0 fully saturated rings. The predicted octanol–water partition coefficient (Wildman–Crippen LogP) is 1.77. The van der Waals surface area contributed by atoms with Crippen molar-refractivity contribution in [2.45, 2.75) is 18.7 Å². The molecular formula is C9H13ClN2O2S. The Morgan fingerprint density at radius 3 is 2.47 bits per heavy atom. The Balaban J connectivity index is 3.23. The minimum atomic E-state index is -3.49. The molecule has 0 aliphatic rings. The Hall–Kier alpha value is -0.650. The van der Waals surface area contributed by atoms with Crippen LogP contribution in [0.25, 0.3) is 0 Å². The minimum absolute atomic E-state index is 0.0180. The van der Waals surface area contributed by atoms with E-state index in [0.29, 0.717) is 13.1 Å². The minimum Gasteiger partial charge on any atom is -0.243 e. The van der Waals surface area contributed by atoms with Gasteiger partial charge in [-0.15, -0.1) is 0 Å². The Labute approximate surface area is 94.9 Å². The summed E-state index contributed by atoms with van der Waals surface area (Å²) in [6.07, 6.45) is 1.46. The Kier molecular flexibility index (Phi) is 4.07. The molecule has 4 nitrogen and oxygen atoms in total. The van der Waals surface area contributed by atoms with Crippen molar-refractivity contribution in [2.75, 3.05) is 13.1 Å². The number of sulfonamides is 1. The quantitative estimate of drug-likeness (QED) is 0.763. The van der Waals surface area contributed by atoms with Crippen molar-refractivity contribution in [3.05, 3.63) is 23.5 Å². The van der Waals surface area contributed by atoms with Crippen molar-refractivity contribution >= 4 is 21.6 Å². The topological polar surface area (TPSA) is 50.3 Å². The van der Waals surface area contributed by atoms with E-state index < -0.39 is 10.0 Å². The van der Waals surface area contributed by atoms with E-state index in [1.54, 1.807) is 19.9 Å². The molecular weight excluding hydrogens is 236 g/mol. The second-order valence-corrected chi connectivity index (χ2v) is 5.15. The van der Waals surface area contributed by atoms with Gasteiger partial charge in [0.25, 0.3) is 0 Å². The highest BCUT2D eigenvalue weighted by Gasteiger charge is 2.24. The zero-order valence-electron chi connectivity index (χ0n) is 8.64. The van der Waals surface area contributed by atoms with Crippen LogP contribution >= 0.6 is 11.6 Å². The molecule has 0 aliphatic heterocycles. The number of pyridine rings is 1. The van der Waals surface area contributed by atoms with Crippen LogP contribution in [0.15, 0.2) is 23.2 Å². The summed E-state index contributed by atoms with van der Waals surface area (Å²) in [6, 6.07) is 3.02. The normalized spacial score (nSPS) is 12.0. The predicted molar refractivity (Wildman–Crippen MR) is 59.4 cm³/mol. The molecule has 15 heavy (non-hydrogen) atoms. The third-order valence-electron chi connectivity index (χ3n) is 2.05. The molecule has 1 aromatic rings. The summed E-state index contributed by atoms with van der Waals surface area (Å²) < 4.78 is 25.4. The van der Waals surface area contributed by atoms with Gasteiger partial charge in [-0.05, 0) is 12.1 Å². The maximum absolute atomic E-state index is 12.0. The fourth-order valence-electron chi connectivity index (χ4n) is 1.27. The average molecular weight is 249 g/mol. The van der Waals surface area contributed by atoms with Crippen molar-refractivity contribution in [1.82, 2.24) is 9.29 Å².